The first-order valence-corrected chi connectivity index (χ1v) is 4.91. The zero-order chi connectivity index (χ0) is 11.0. The Labute approximate surface area is 84.9 Å². The molecule has 0 aromatic heterocycles. The Bertz CT molecular complexity index is 209. The lowest BCUT2D eigenvalue weighted by atomic mass is 10.0. The minimum atomic E-state index is -0.810. The average Bonchev–Trinajstić information content (AvgIpc) is 2.09. The van der Waals surface area contributed by atoms with Gasteiger partial charge in [0.05, 0.1) is 6.07 Å². The maximum absolute atomic E-state index is 10.8. The fourth-order valence-corrected chi connectivity index (χ4v) is 1.19. The monoisotopic (exact) mass is 198 g/mol. The van der Waals surface area contributed by atoms with E-state index in [1.54, 1.807) is 0 Å². The summed E-state index contributed by atoms with van der Waals surface area (Å²) in [5.41, 5.74) is 0. The quantitative estimate of drug-likeness (QED) is 0.606. The lowest BCUT2D eigenvalue weighted by Crippen LogP contribution is -2.38. The molecule has 80 valence electrons. The number of aliphatic carboxylic acids is 1. The molecule has 2 N–H and O–H groups in total. The fourth-order valence-electron chi connectivity index (χ4n) is 1.19. The SMILES string of the molecule is CC(C)CC(NCCCC#N)C(=O)O. The van der Waals surface area contributed by atoms with Crippen LogP contribution in [0, 0.1) is 17.2 Å². The van der Waals surface area contributed by atoms with Gasteiger partial charge >= 0.3 is 5.97 Å². The van der Waals surface area contributed by atoms with Crippen LogP contribution in [-0.4, -0.2) is 23.7 Å². The van der Waals surface area contributed by atoms with Crippen LogP contribution in [0.15, 0.2) is 0 Å². The number of hydrogen-bond donors (Lipinski definition) is 2. The number of carboxylic acid groups (broad SMARTS) is 1. The number of carboxylic acids is 1. The molecular weight excluding hydrogens is 180 g/mol. The highest BCUT2D eigenvalue weighted by atomic mass is 16.4. The van der Waals surface area contributed by atoms with Crippen LogP contribution < -0.4 is 5.32 Å². The van der Waals surface area contributed by atoms with Gasteiger partial charge < -0.3 is 10.4 Å². The molecule has 0 rings (SSSR count). The number of hydrogen-bond acceptors (Lipinski definition) is 3. The van der Waals surface area contributed by atoms with E-state index in [1.807, 2.05) is 19.9 Å². The van der Waals surface area contributed by atoms with Crippen molar-refractivity contribution in [2.75, 3.05) is 6.54 Å². The van der Waals surface area contributed by atoms with Gasteiger partial charge in [0.15, 0.2) is 0 Å². The maximum atomic E-state index is 10.8. The fraction of sp³-hybridized carbons (Fsp3) is 0.800. The summed E-state index contributed by atoms with van der Waals surface area (Å²) in [7, 11) is 0. The number of unbranched alkanes of at least 4 members (excludes halogenated alkanes) is 1. The molecule has 0 aromatic rings. The highest BCUT2D eigenvalue weighted by Crippen LogP contribution is 2.04. The predicted molar refractivity (Wildman–Crippen MR) is 53.7 cm³/mol. The van der Waals surface area contributed by atoms with Crippen LogP contribution in [0.3, 0.4) is 0 Å². The van der Waals surface area contributed by atoms with Crippen LogP contribution >= 0.6 is 0 Å². The van der Waals surface area contributed by atoms with E-state index in [0.29, 0.717) is 31.7 Å². The second kappa shape index (κ2) is 7.34. The summed E-state index contributed by atoms with van der Waals surface area (Å²) < 4.78 is 0. The summed E-state index contributed by atoms with van der Waals surface area (Å²) in [5.74, 6) is -0.449. The third-order valence-electron chi connectivity index (χ3n) is 1.86. The third kappa shape index (κ3) is 6.44. The van der Waals surface area contributed by atoms with Crippen LogP contribution in [0.25, 0.3) is 0 Å². The number of nitriles is 1. The largest absolute Gasteiger partial charge is 0.480 e. The molecule has 0 aliphatic carbocycles. The van der Waals surface area contributed by atoms with Gasteiger partial charge in [-0.3, -0.25) is 4.79 Å². The van der Waals surface area contributed by atoms with Gasteiger partial charge in [0.25, 0.3) is 0 Å². The zero-order valence-electron chi connectivity index (χ0n) is 8.79. The Morgan fingerprint density at radius 1 is 1.57 bits per heavy atom. The van der Waals surface area contributed by atoms with Crippen molar-refractivity contribution in [3.05, 3.63) is 0 Å². The molecule has 0 fully saturated rings. The summed E-state index contributed by atoms with van der Waals surface area (Å²) in [5, 5.41) is 20.1. The Hall–Kier alpha value is -1.08. The molecule has 0 spiro atoms. The Balaban J connectivity index is 3.75. The van der Waals surface area contributed by atoms with E-state index in [1.165, 1.54) is 0 Å². The highest BCUT2D eigenvalue weighted by Gasteiger charge is 2.17. The normalized spacial score (nSPS) is 12.4. The van der Waals surface area contributed by atoms with E-state index >= 15 is 0 Å². The first-order chi connectivity index (χ1) is 6.57. The van der Waals surface area contributed by atoms with Crippen molar-refractivity contribution >= 4 is 5.97 Å². The van der Waals surface area contributed by atoms with E-state index in [0.717, 1.165) is 0 Å². The molecule has 1 atom stereocenters. The summed E-state index contributed by atoms with van der Waals surface area (Å²) >= 11 is 0. The van der Waals surface area contributed by atoms with Gasteiger partial charge in [-0.15, -0.1) is 0 Å². The molecule has 0 radical (unpaired) electrons. The van der Waals surface area contributed by atoms with Crippen LogP contribution in [0.2, 0.25) is 0 Å². The van der Waals surface area contributed by atoms with Crippen molar-refractivity contribution in [2.24, 2.45) is 5.92 Å². The summed E-state index contributed by atoms with van der Waals surface area (Å²) in [6.07, 6.45) is 1.81. The summed E-state index contributed by atoms with van der Waals surface area (Å²) in [4.78, 5) is 10.8. The molecule has 4 nitrogen and oxygen atoms in total. The van der Waals surface area contributed by atoms with Crippen molar-refractivity contribution in [3.8, 4) is 6.07 Å². The first kappa shape index (κ1) is 12.9. The Morgan fingerprint density at radius 2 is 2.21 bits per heavy atom. The van der Waals surface area contributed by atoms with Gasteiger partial charge in [-0.2, -0.15) is 5.26 Å². The molecule has 4 heteroatoms. The van der Waals surface area contributed by atoms with Gasteiger partial charge in [-0.1, -0.05) is 13.8 Å². The number of nitrogens with one attached hydrogen (secondary N) is 1. The third-order valence-corrected chi connectivity index (χ3v) is 1.86. The minimum Gasteiger partial charge on any atom is -0.480 e. The van der Waals surface area contributed by atoms with Crippen LogP contribution in [-0.2, 0) is 4.79 Å². The van der Waals surface area contributed by atoms with Crippen molar-refractivity contribution < 1.29 is 9.90 Å². The minimum absolute atomic E-state index is 0.361. The van der Waals surface area contributed by atoms with Gasteiger partial charge in [-0.05, 0) is 25.3 Å². The molecule has 1 unspecified atom stereocenters. The number of carbonyl (C=O) groups is 1. The Kier molecular flexibility index (Phi) is 6.77. The first-order valence-electron chi connectivity index (χ1n) is 4.91. The topological polar surface area (TPSA) is 73.1 Å². The molecule has 0 aliphatic heterocycles. The molecule has 0 saturated heterocycles. The van der Waals surface area contributed by atoms with Crippen molar-refractivity contribution in [1.82, 2.24) is 5.32 Å². The zero-order valence-corrected chi connectivity index (χ0v) is 8.79. The molecule has 0 aliphatic rings. The molecule has 0 aromatic carbocycles. The van der Waals surface area contributed by atoms with E-state index in [2.05, 4.69) is 5.32 Å². The van der Waals surface area contributed by atoms with E-state index in [-0.39, 0.29) is 0 Å². The lowest BCUT2D eigenvalue weighted by molar-refractivity contribution is -0.139. The van der Waals surface area contributed by atoms with Gasteiger partial charge in [0, 0.05) is 6.42 Å². The maximum Gasteiger partial charge on any atom is 0.320 e. The van der Waals surface area contributed by atoms with Gasteiger partial charge in [0.1, 0.15) is 6.04 Å². The second-order valence-corrected chi connectivity index (χ2v) is 3.74. The van der Waals surface area contributed by atoms with Crippen LogP contribution in [0.1, 0.15) is 33.1 Å². The lowest BCUT2D eigenvalue weighted by Gasteiger charge is -2.15. The van der Waals surface area contributed by atoms with Gasteiger partial charge in [-0.25, -0.2) is 0 Å². The number of nitrogens with zero attached hydrogens (tertiary/aromatic N) is 1. The standard InChI is InChI=1S/C10H18N2O2/c1-8(2)7-9(10(13)14)12-6-4-3-5-11/h8-9,12H,3-4,6-7H2,1-2H3,(H,13,14). The average molecular weight is 198 g/mol. The predicted octanol–water partition coefficient (Wildman–Crippen LogP) is 1.38. The summed E-state index contributed by atoms with van der Waals surface area (Å²) in [6, 6.07) is 1.55. The summed E-state index contributed by atoms with van der Waals surface area (Å²) in [6.45, 7) is 4.58. The van der Waals surface area contributed by atoms with Crippen molar-refractivity contribution in [2.45, 2.75) is 39.2 Å². The van der Waals surface area contributed by atoms with E-state index < -0.39 is 12.0 Å². The molecule has 0 saturated carbocycles. The Morgan fingerprint density at radius 3 is 2.64 bits per heavy atom. The number of rotatable bonds is 7. The molecular formula is C10H18N2O2. The highest BCUT2D eigenvalue weighted by molar-refractivity contribution is 5.73. The smallest absolute Gasteiger partial charge is 0.320 e. The van der Waals surface area contributed by atoms with E-state index in [4.69, 9.17) is 10.4 Å². The second-order valence-electron chi connectivity index (χ2n) is 3.74. The van der Waals surface area contributed by atoms with Crippen molar-refractivity contribution in [1.29, 1.82) is 5.26 Å². The molecule has 0 amide bonds. The van der Waals surface area contributed by atoms with Gasteiger partial charge in [0.2, 0.25) is 0 Å². The molecule has 14 heavy (non-hydrogen) atoms. The van der Waals surface area contributed by atoms with E-state index in [9.17, 15) is 4.79 Å². The van der Waals surface area contributed by atoms with Crippen LogP contribution in [0.5, 0.6) is 0 Å². The molecule has 0 bridgehead atoms. The van der Waals surface area contributed by atoms with Crippen LogP contribution in [0.4, 0.5) is 0 Å². The molecule has 0 heterocycles. The van der Waals surface area contributed by atoms with Crippen molar-refractivity contribution in [3.63, 3.8) is 0 Å².